The molecule has 6 nitrogen and oxygen atoms in total. The number of rotatable bonds is 2. The second kappa shape index (κ2) is 7.69. The molecule has 1 atom stereocenters. The molecule has 3 aromatic heterocycles. The quantitative estimate of drug-likeness (QED) is 0.464. The van der Waals surface area contributed by atoms with E-state index < -0.39 is 6.10 Å². The van der Waals surface area contributed by atoms with Gasteiger partial charge in [-0.25, -0.2) is 9.37 Å². The predicted octanol–water partition coefficient (Wildman–Crippen LogP) is 5.18. The molecule has 1 aliphatic carbocycles. The molecule has 166 valence electrons. The number of nitrogens with two attached hydrogens (primary N) is 1. The minimum Gasteiger partial charge on any atom is -0.482 e. The maximum Gasteiger partial charge on any atom is 0.166 e. The van der Waals surface area contributed by atoms with E-state index in [4.69, 9.17) is 15.6 Å². The second-order valence-electron chi connectivity index (χ2n) is 8.93. The van der Waals surface area contributed by atoms with Crippen molar-refractivity contribution in [2.75, 3.05) is 5.73 Å². The van der Waals surface area contributed by atoms with Crippen molar-refractivity contribution in [3.05, 3.63) is 77.5 Å². The van der Waals surface area contributed by atoms with Gasteiger partial charge in [0.1, 0.15) is 11.9 Å². The number of aromatic nitrogens is 4. The average molecular weight is 442 g/mol. The number of nitrogen functional groups attached to an aromatic ring is 1. The highest BCUT2D eigenvalue weighted by Crippen LogP contribution is 2.39. The highest BCUT2D eigenvalue weighted by molar-refractivity contribution is 5.70. The summed E-state index contributed by atoms with van der Waals surface area (Å²) in [5.41, 5.74) is 12.7. The van der Waals surface area contributed by atoms with E-state index in [-0.39, 0.29) is 5.82 Å². The summed E-state index contributed by atoms with van der Waals surface area (Å²) in [7, 11) is 0. The van der Waals surface area contributed by atoms with Crippen molar-refractivity contribution in [1.82, 2.24) is 19.7 Å². The first-order valence-corrected chi connectivity index (χ1v) is 11.3. The monoisotopic (exact) mass is 441 g/mol. The summed E-state index contributed by atoms with van der Waals surface area (Å²) in [6.45, 7) is 2.43. The van der Waals surface area contributed by atoms with Crippen LogP contribution in [-0.4, -0.2) is 19.7 Å². The van der Waals surface area contributed by atoms with Crippen molar-refractivity contribution in [3.8, 4) is 28.3 Å². The van der Waals surface area contributed by atoms with Crippen LogP contribution in [0.2, 0.25) is 0 Å². The number of fused-ring (bicyclic) bond motifs is 7. The molecule has 0 spiro atoms. The van der Waals surface area contributed by atoms with Gasteiger partial charge in [0.05, 0.1) is 24.1 Å². The normalized spacial score (nSPS) is 17.1. The lowest BCUT2D eigenvalue weighted by Gasteiger charge is -2.22. The van der Waals surface area contributed by atoms with Gasteiger partial charge in [0.15, 0.2) is 11.6 Å². The van der Waals surface area contributed by atoms with Crippen LogP contribution in [-0.2, 0) is 13.0 Å². The van der Waals surface area contributed by atoms with Gasteiger partial charge in [-0.3, -0.25) is 9.67 Å². The Labute approximate surface area is 191 Å². The first-order valence-electron chi connectivity index (χ1n) is 11.3. The van der Waals surface area contributed by atoms with Crippen LogP contribution in [0.1, 0.15) is 42.6 Å². The van der Waals surface area contributed by atoms with Gasteiger partial charge in [-0.15, -0.1) is 0 Å². The van der Waals surface area contributed by atoms with Crippen molar-refractivity contribution < 1.29 is 9.13 Å². The average Bonchev–Trinajstić information content (AvgIpc) is 3.54. The lowest BCUT2D eigenvalue weighted by molar-refractivity contribution is 0.227. The fraction of sp³-hybridized carbons (Fsp3) is 0.269. The standard InChI is InChI=1S/C26H24FN5O/c1-15-22-11-20(27)6-7-21(22)24-17(3-2-8-29-24)14-32-25(18(13-31-32)9-16-4-5-16)19-10-23(33-15)26(28)30-12-19/h2-3,6-8,10-13,15-16H,4-5,9,14H2,1H3,(H2,28,30)/t15-/m1/s1. The molecule has 0 saturated heterocycles. The predicted molar refractivity (Wildman–Crippen MR) is 124 cm³/mol. The number of nitrogens with zero attached hydrogens (tertiary/aromatic N) is 4. The second-order valence-corrected chi connectivity index (χ2v) is 8.93. The lowest BCUT2D eigenvalue weighted by Crippen LogP contribution is -2.12. The van der Waals surface area contributed by atoms with Crippen LogP contribution in [0.5, 0.6) is 5.75 Å². The molecule has 1 aliphatic heterocycles. The molecule has 33 heavy (non-hydrogen) atoms. The van der Waals surface area contributed by atoms with Gasteiger partial charge >= 0.3 is 0 Å². The molecule has 1 fully saturated rings. The maximum absolute atomic E-state index is 14.3. The summed E-state index contributed by atoms with van der Waals surface area (Å²) in [6.07, 6.45) is 8.56. The molecule has 0 radical (unpaired) electrons. The van der Waals surface area contributed by atoms with Crippen molar-refractivity contribution in [1.29, 1.82) is 0 Å². The van der Waals surface area contributed by atoms with E-state index in [1.165, 1.54) is 30.5 Å². The van der Waals surface area contributed by atoms with E-state index >= 15 is 0 Å². The maximum atomic E-state index is 14.3. The molecular weight excluding hydrogens is 417 g/mol. The van der Waals surface area contributed by atoms with Crippen molar-refractivity contribution in [2.24, 2.45) is 5.92 Å². The van der Waals surface area contributed by atoms with Crippen molar-refractivity contribution in [2.45, 2.75) is 38.8 Å². The van der Waals surface area contributed by atoms with E-state index in [2.05, 4.69) is 9.97 Å². The van der Waals surface area contributed by atoms with E-state index in [1.54, 1.807) is 18.5 Å². The van der Waals surface area contributed by atoms with Crippen LogP contribution >= 0.6 is 0 Å². The number of pyridine rings is 2. The molecule has 4 aromatic rings. The Morgan fingerprint density at radius 3 is 2.88 bits per heavy atom. The molecule has 7 heteroatoms. The Bertz CT molecular complexity index is 1360. The Morgan fingerprint density at radius 2 is 2.03 bits per heavy atom. The minimum absolute atomic E-state index is 0.300. The van der Waals surface area contributed by atoms with E-state index in [1.807, 2.05) is 36.0 Å². The summed E-state index contributed by atoms with van der Waals surface area (Å²) in [6, 6.07) is 10.6. The van der Waals surface area contributed by atoms with Crippen molar-refractivity contribution in [3.63, 3.8) is 0 Å². The van der Waals surface area contributed by atoms with Gasteiger partial charge in [-0.05, 0) is 73.6 Å². The molecule has 1 aromatic carbocycles. The third kappa shape index (κ3) is 3.63. The number of halogens is 1. The summed E-state index contributed by atoms with van der Waals surface area (Å²) >= 11 is 0. The van der Waals surface area contributed by atoms with Crippen LogP contribution in [0, 0.1) is 11.7 Å². The van der Waals surface area contributed by atoms with Gasteiger partial charge in [-0.1, -0.05) is 6.07 Å². The van der Waals surface area contributed by atoms with Gasteiger partial charge in [0.25, 0.3) is 0 Å². The SMILES string of the molecule is C[C@H]1Oc2cc(cnc2N)-c2c(CC3CC3)cnn2Cc2cccnc2-c2ccc(F)cc21. The fourth-order valence-electron chi connectivity index (χ4n) is 4.65. The summed E-state index contributed by atoms with van der Waals surface area (Å²) in [5, 5.41) is 4.75. The Balaban J connectivity index is 1.60. The molecule has 0 unspecified atom stereocenters. The summed E-state index contributed by atoms with van der Waals surface area (Å²) < 4.78 is 22.6. The zero-order valence-corrected chi connectivity index (χ0v) is 18.3. The van der Waals surface area contributed by atoms with Gasteiger partial charge < -0.3 is 10.5 Å². The molecule has 1 saturated carbocycles. The third-order valence-electron chi connectivity index (χ3n) is 6.50. The topological polar surface area (TPSA) is 78.9 Å². The fourth-order valence-corrected chi connectivity index (χ4v) is 4.65. The van der Waals surface area contributed by atoms with Gasteiger partial charge in [0.2, 0.25) is 0 Å². The van der Waals surface area contributed by atoms with E-state index in [9.17, 15) is 4.39 Å². The molecule has 4 heterocycles. The smallest absolute Gasteiger partial charge is 0.166 e. The Kier molecular flexibility index (Phi) is 4.64. The Hall–Kier alpha value is -3.74. The number of hydrogen-bond donors (Lipinski definition) is 1. The van der Waals surface area contributed by atoms with Crippen molar-refractivity contribution >= 4 is 5.82 Å². The highest BCUT2D eigenvalue weighted by atomic mass is 19.1. The van der Waals surface area contributed by atoms with E-state index in [0.29, 0.717) is 29.6 Å². The number of ether oxygens (including phenoxy) is 1. The van der Waals surface area contributed by atoms with Crippen LogP contribution < -0.4 is 10.5 Å². The molecule has 2 bridgehead atoms. The van der Waals surface area contributed by atoms with Crippen LogP contribution in [0.25, 0.3) is 22.5 Å². The zero-order chi connectivity index (χ0) is 22.5. The largest absolute Gasteiger partial charge is 0.482 e. The molecule has 2 aliphatic rings. The number of benzene rings is 1. The van der Waals surface area contributed by atoms with Crippen LogP contribution in [0.4, 0.5) is 10.2 Å². The lowest BCUT2D eigenvalue weighted by atomic mass is 9.96. The Morgan fingerprint density at radius 1 is 1.15 bits per heavy atom. The summed E-state index contributed by atoms with van der Waals surface area (Å²) in [4.78, 5) is 9.10. The minimum atomic E-state index is -0.458. The van der Waals surface area contributed by atoms with Gasteiger partial charge in [-0.2, -0.15) is 5.10 Å². The third-order valence-corrected chi connectivity index (χ3v) is 6.50. The zero-order valence-electron chi connectivity index (χ0n) is 18.3. The van der Waals surface area contributed by atoms with E-state index in [0.717, 1.165) is 34.5 Å². The first kappa shape index (κ1) is 19.9. The molecule has 6 rings (SSSR count). The highest BCUT2D eigenvalue weighted by Gasteiger charge is 2.27. The van der Waals surface area contributed by atoms with Crippen LogP contribution in [0.3, 0.4) is 0 Å². The molecule has 0 amide bonds. The molecule has 2 N–H and O–H groups in total. The number of hydrogen-bond acceptors (Lipinski definition) is 5. The molecular formula is C26H24FN5O. The summed E-state index contributed by atoms with van der Waals surface area (Å²) in [5.74, 6) is 1.16. The number of anilines is 1. The first-order chi connectivity index (χ1) is 16.1. The van der Waals surface area contributed by atoms with Gasteiger partial charge in [0, 0.05) is 29.1 Å². The van der Waals surface area contributed by atoms with Crippen LogP contribution in [0.15, 0.2) is 55.0 Å².